The van der Waals surface area contributed by atoms with Crippen molar-refractivity contribution >= 4 is 11.5 Å². The van der Waals surface area contributed by atoms with Crippen LogP contribution < -0.4 is 10.6 Å². The zero-order chi connectivity index (χ0) is 11.5. The van der Waals surface area contributed by atoms with Gasteiger partial charge in [-0.25, -0.2) is 4.98 Å². The van der Waals surface area contributed by atoms with Gasteiger partial charge in [0.15, 0.2) is 5.82 Å². The first-order valence-electron chi connectivity index (χ1n) is 5.61. The quantitative estimate of drug-likeness (QED) is 0.777. The molecular weight excluding hydrogens is 200 g/mol. The maximum absolute atomic E-state index is 8.75. The molecule has 1 saturated heterocycles. The molecule has 16 heavy (non-hydrogen) atoms. The summed E-state index contributed by atoms with van der Waals surface area (Å²) in [5.74, 6) is 1.51. The first-order valence-corrected chi connectivity index (χ1v) is 5.61. The number of rotatable bonds is 1. The molecule has 0 aromatic carbocycles. The number of nitrogens with two attached hydrogens (primary N) is 1. The Hall–Kier alpha value is -1.76. The molecule has 1 aromatic heterocycles. The fourth-order valence-electron chi connectivity index (χ4n) is 2.18. The van der Waals surface area contributed by atoms with E-state index >= 15 is 0 Å². The lowest BCUT2D eigenvalue weighted by Crippen LogP contribution is -2.35. The average Bonchev–Trinajstić information content (AvgIpc) is 2.28. The molecule has 0 saturated carbocycles. The molecule has 2 heterocycles. The highest BCUT2D eigenvalue weighted by Crippen LogP contribution is 2.26. The van der Waals surface area contributed by atoms with E-state index in [4.69, 9.17) is 11.0 Å². The Morgan fingerprint density at radius 2 is 2.44 bits per heavy atom. The van der Waals surface area contributed by atoms with Gasteiger partial charge in [-0.05, 0) is 24.8 Å². The van der Waals surface area contributed by atoms with E-state index in [0.717, 1.165) is 18.9 Å². The third kappa shape index (κ3) is 2.08. The molecule has 0 spiro atoms. The maximum Gasteiger partial charge on any atom is 0.151 e. The standard InChI is InChI=1S/C12H16N4/c1-9-3-2-4-16(8-9)12-11(14)5-10(6-13)7-15-12/h5,7,9H,2-4,8,14H2,1H3. The van der Waals surface area contributed by atoms with Crippen molar-refractivity contribution in [3.63, 3.8) is 0 Å². The van der Waals surface area contributed by atoms with Crippen LogP contribution in [0.1, 0.15) is 25.3 Å². The minimum atomic E-state index is 0.520. The van der Waals surface area contributed by atoms with Gasteiger partial charge in [-0.3, -0.25) is 0 Å². The lowest BCUT2D eigenvalue weighted by molar-refractivity contribution is 0.445. The number of aromatic nitrogens is 1. The Labute approximate surface area is 95.7 Å². The molecule has 1 fully saturated rings. The number of pyridine rings is 1. The number of piperidine rings is 1. The van der Waals surface area contributed by atoms with Gasteiger partial charge < -0.3 is 10.6 Å². The van der Waals surface area contributed by atoms with Crippen LogP contribution in [0, 0.1) is 17.2 Å². The molecule has 1 unspecified atom stereocenters. The summed E-state index contributed by atoms with van der Waals surface area (Å²) in [6, 6.07) is 3.74. The second kappa shape index (κ2) is 4.40. The Bertz CT molecular complexity index is 422. The molecular formula is C12H16N4. The summed E-state index contributed by atoms with van der Waals surface area (Å²) >= 11 is 0. The van der Waals surface area contributed by atoms with Crippen LogP contribution in [0.15, 0.2) is 12.3 Å². The van der Waals surface area contributed by atoms with Crippen LogP contribution in [-0.2, 0) is 0 Å². The van der Waals surface area contributed by atoms with Crippen LogP contribution in [0.25, 0.3) is 0 Å². The highest BCUT2D eigenvalue weighted by molar-refractivity contribution is 5.64. The lowest BCUT2D eigenvalue weighted by Gasteiger charge is -2.32. The van der Waals surface area contributed by atoms with Gasteiger partial charge in [0.1, 0.15) is 6.07 Å². The highest BCUT2D eigenvalue weighted by Gasteiger charge is 2.19. The summed E-state index contributed by atoms with van der Waals surface area (Å²) < 4.78 is 0. The van der Waals surface area contributed by atoms with Crippen molar-refractivity contribution in [3.8, 4) is 6.07 Å². The van der Waals surface area contributed by atoms with Gasteiger partial charge in [-0.2, -0.15) is 5.26 Å². The number of nitrogen functional groups attached to an aromatic ring is 1. The molecule has 2 rings (SSSR count). The molecule has 4 heteroatoms. The van der Waals surface area contributed by atoms with Gasteiger partial charge in [-0.15, -0.1) is 0 Å². The Balaban J connectivity index is 2.23. The molecule has 2 N–H and O–H groups in total. The fraction of sp³-hybridized carbons (Fsp3) is 0.500. The van der Waals surface area contributed by atoms with E-state index in [9.17, 15) is 0 Å². The Kier molecular flexibility index (Phi) is 2.95. The molecule has 1 aliphatic heterocycles. The van der Waals surface area contributed by atoms with E-state index < -0.39 is 0 Å². The molecule has 0 radical (unpaired) electrons. The molecule has 1 aromatic rings. The number of nitriles is 1. The predicted octanol–water partition coefficient (Wildman–Crippen LogP) is 1.77. The predicted molar refractivity (Wildman–Crippen MR) is 64.0 cm³/mol. The second-order valence-electron chi connectivity index (χ2n) is 4.44. The summed E-state index contributed by atoms with van der Waals surface area (Å²) in [6.07, 6.45) is 4.04. The van der Waals surface area contributed by atoms with E-state index in [1.807, 2.05) is 6.07 Å². The van der Waals surface area contributed by atoms with Gasteiger partial charge in [-0.1, -0.05) is 6.92 Å². The van der Waals surface area contributed by atoms with E-state index in [2.05, 4.69) is 16.8 Å². The van der Waals surface area contributed by atoms with Crippen molar-refractivity contribution in [2.75, 3.05) is 23.7 Å². The van der Waals surface area contributed by atoms with E-state index in [0.29, 0.717) is 17.2 Å². The molecule has 1 atom stereocenters. The van der Waals surface area contributed by atoms with Crippen molar-refractivity contribution in [3.05, 3.63) is 17.8 Å². The number of anilines is 2. The molecule has 0 aliphatic carbocycles. The van der Waals surface area contributed by atoms with E-state index in [1.54, 1.807) is 12.3 Å². The smallest absolute Gasteiger partial charge is 0.151 e. The zero-order valence-corrected chi connectivity index (χ0v) is 9.48. The zero-order valence-electron chi connectivity index (χ0n) is 9.48. The van der Waals surface area contributed by atoms with Crippen molar-refractivity contribution < 1.29 is 0 Å². The first kappa shape index (κ1) is 10.7. The van der Waals surface area contributed by atoms with Gasteiger partial charge in [0.2, 0.25) is 0 Å². The van der Waals surface area contributed by atoms with Gasteiger partial charge in [0.25, 0.3) is 0 Å². The van der Waals surface area contributed by atoms with Gasteiger partial charge in [0.05, 0.1) is 11.3 Å². The Morgan fingerprint density at radius 1 is 1.62 bits per heavy atom. The Morgan fingerprint density at radius 3 is 3.06 bits per heavy atom. The lowest BCUT2D eigenvalue weighted by atomic mass is 10.0. The van der Waals surface area contributed by atoms with Crippen LogP contribution in [0.5, 0.6) is 0 Å². The normalized spacial score (nSPS) is 20.5. The van der Waals surface area contributed by atoms with Crippen molar-refractivity contribution in [2.45, 2.75) is 19.8 Å². The molecule has 0 amide bonds. The molecule has 4 nitrogen and oxygen atoms in total. The van der Waals surface area contributed by atoms with Crippen molar-refractivity contribution in [1.29, 1.82) is 5.26 Å². The first-order chi connectivity index (χ1) is 7.70. The topological polar surface area (TPSA) is 65.9 Å². The van der Waals surface area contributed by atoms with Gasteiger partial charge >= 0.3 is 0 Å². The van der Waals surface area contributed by atoms with Crippen LogP contribution in [0.3, 0.4) is 0 Å². The molecule has 84 valence electrons. The summed E-state index contributed by atoms with van der Waals surface area (Å²) in [4.78, 5) is 6.50. The SMILES string of the molecule is CC1CCCN(c2ncc(C#N)cc2N)C1. The number of nitrogens with zero attached hydrogens (tertiary/aromatic N) is 3. The number of hydrogen-bond donors (Lipinski definition) is 1. The van der Waals surface area contributed by atoms with Crippen LogP contribution in [0.2, 0.25) is 0 Å². The minimum Gasteiger partial charge on any atom is -0.396 e. The monoisotopic (exact) mass is 216 g/mol. The largest absolute Gasteiger partial charge is 0.396 e. The van der Waals surface area contributed by atoms with Gasteiger partial charge in [0, 0.05) is 19.3 Å². The van der Waals surface area contributed by atoms with Crippen molar-refractivity contribution in [2.24, 2.45) is 5.92 Å². The highest BCUT2D eigenvalue weighted by atomic mass is 15.2. The molecule has 0 bridgehead atoms. The van der Waals surface area contributed by atoms with Crippen LogP contribution in [-0.4, -0.2) is 18.1 Å². The third-order valence-corrected chi connectivity index (χ3v) is 2.98. The van der Waals surface area contributed by atoms with Crippen LogP contribution >= 0.6 is 0 Å². The second-order valence-corrected chi connectivity index (χ2v) is 4.44. The fourth-order valence-corrected chi connectivity index (χ4v) is 2.18. The third-order valence-electron chi connectivity index (χ3n) is 2.98. The average molecular weight is 216 g/mol. The van der Waals surface area contributed by atoms with E-state index in [-0.39, 0.29) is 0 Å². The molecule has 1 aliphatic rings. The summed E-state index contributed by atoms with van der Waals surface area (Å²) in [7, 11) is 0. The maximum atomic E-state index is 8.75. The summed E-state index contributed by atoms with van der Waals surface area (Å²) in [5, 5.41) is 8.75. The van der Waals surface area contributed by atoms with Crippen molar-refractivity contribution in [1.82, 2.24) is 4.98 Å². The van der Waals surface area contributed by atoms with E-state index in [1.165, 1.54) is 12.8 Å². The minimum absolute atomic E-state index is 0.520. The summed E-state index contributed by atoms with van der Waals surface area (Å²) in [5.41, 5.74) is 7.04. The number of hydrogen-bond acceptors (Lipinski definition) is 4. The van der Waals surface area contributed by atoms with Crippen LogP contribution in [0.4, 0.5) is 11.5 Å². The summed E-state index contributed by atoms with van der Waals surface area (Å²) in [6.45, 7) is 4.25.